The molecule has 2 aromatic rings. The van der Waals surface area contributed by atoms with Gasteiger partial charge in [-0.1, -0.05) is 42.5 Å². The third-order valence-corrected chi connectivity index (χ3v) is 6.96. The van der Waals surface area contributed by atoms with Crippen LogP contribution in [-0.2, 0) is 37.3 Å². The lowest BCUT2D eigenvalue weighted by molar-refractivity contribution is -0.158. The number of para-hydroxylation sites is 1. The lowest BCUT2D eigenvalue weighted by atomic mass is 9.96. The maximum Gasteiger partial charge on any atom is 0.325 e. The van der Waals surface area contributed by atoms with Crippen molar-refractivity contribution in [3.05, 3.63) is 65.7 Å². The fourth-order valence-corrected chi connectivity index (χ4v) is 4.58. The van der Waals surface area contributed by atoms with E-state index in [9.17, 15) is 22.8 Å². The van der Waals surface area contributed by atoms with Crippen LogP contribution in [0, 0.1) is 0 Å². The van der Waals surface area contributed by atoms with Crippen LogP contribution in [0.15, 0.2) is 54.6 Å². The number of carbonyl (C=O) groups excluding carboxylic acids is 3. The zero-order valence-electron chi connectivity index (χ0n) is 17.8. The summed E-state index contributed by atoms with van der Waals surface area (Å²) in [7, 11) is -3.70. The van der Waals surface area contributed by atoms with Crippen LogP contribution in [0.4, 0.5) is 10.5 Å². The first-order valence-electron chi connectivity index (χ1n) is 10.1. The lowest BCUT2D eigenvalue weighted by Crippen LogP contribution is -2.51. The molecule has 1 unspecified atom stereocenters. The highest BCUT2D eigenvalue weighted by Crippen LogP contribution is 2.27. The molecule has 2 aromatic carbocycles. The molecule has 0 saturated carbocycles. The monoisotopic (exact) mass is 459 g/mol. The maximum absolute atomic E-state index is 12.9. The summed E-state index contributed by atoms with van der Waals surface area (Å²) in [5.74, 6) is -1.84. The van der Waals surface area contributed by atoms with Crippen molar-refractivity contribution in [2.75, 3.05) is 11.1 Å². The van der Waals surface area contributed by atoms with Crippen LogP contribution in [0.5, 0.6) is 0 Å². The molecule has 0 aromatic heterocycles. The number of hydrogen-bond donors (Lipinski definition) is 2. The fourth-order valence-electron chi connectivity index (χ4n) is 3.36. The van der Waals surface area contributed by atoms with Crippen LogP contribution in [0.1, 0.15) is 25.0 Å². The smallest absolute Gasteiger partial charge is 0.325 e. The normalized spacial score (nSPS) is 17.0. The zero-order chi connectivity index (χ0) is 23.3. The summed E-state index contributed by atoms with van der Waals surface area (Å²) in [5.41, 5.74) is 2.15. The summed E-state index contributed by atoms with van der Waals surface area (Å²) in [6, 6.07) is 13.9. The number of rotatable bonds is 6. The van der Waals surface area contributed by atoms with Gasteiger partial charge < -0.3 is 10.1 Å². The van der Waals surface area contributed by atoms with Crippen molar-refractivity contribution < 1.29 is 27.5 Å². The number of nitrogens with one attached hydrogen (secondary N) is 2. The van der Waals surface area contributed by atoms with E-state index in [1.54, 1.807) is 36.4 Å². The summed E-state index contributed by atoms with van der Waals surface area (Å²) >= 11 is 0. The quantitative estimate of drug-likeness (QED) is 0.638. The van der Waals surface area contributed by atoms with Crippen molar-refractivity contribution in [2.45, 2.75) is 39.0 Å². The van der Waals surface area contributed by atoms with Gasteiger partial charge in [0, 0.05) is 18.7 Å². The molecule has 0 saturated heterocycles. The van der Waals surface area contributed by atoms with Gasteiger partial charge >= 0.3 is 12.0 Å². The number of ether oxygens (including phenoxy) is 1. The highest BCUT2D eigenvalue weighted by atomic mass is 32.2. The molecule has 1 aliphatic heterocycles. The van der Waals surface area contributed by atoms with E-state index in [4.69, 9.17) is 4.74 Å². The number of anilines is 1. The first-order chi connectivity index (χ1) is 15.2. The summed E-state index contributed by atoms with van der Waals surface area (Å²) in [6.45, 7) is 2.87. The Bertz CT molecular complexity index is 1100. The predicted molar refractivity (Wildman–Crippen MR) is 118 cm³/mol. The van der Waals surface area contributed by atoms with Crippen molar-refractivity contribution in [2.24, 2.45) is 0 Å². The molecule has 170 valence electrons. The van der Waals surface area contributed by atoms with Gasteiger partial charge in [-0.2, -0.15) is 4.31 Å². The van der Waals surface area contributed by atoms with Crippen LogP contribution < -0.4 is 10.6 Å². The van der Waals surface area contributed by atoms with E-state index >= 15 is 0 Å². The van der Waals surface area contributed by atoms with Crippen molar-refractivity contribution >= 4 is 33.6 Å². The summed E-state index contributed by atoms with van der Waals surface area (Å²) < 4.78 is 31.6. The molecule has 2 atom stereocenters. The van der Waals surface area contributed by atoms with Crippen LogP contribution in [0.25, 0.3) is 0 Å². The van der Waals surface area contributed by atoms with E-state index in [-0.39, 0.29) is 18.7 Å². The minimum atomic E-state index is -3.70. The Balaban J connectivity index is 1.67. The lowest BCUT2D eigenvalue weighted by Gasteiger charge is -2.34. The van der Waals surface area contributed by atoms with Gasteiger partial charge in [0.2, 0.25) is 10.0 Å². The van der Waals surface area contributed by atoms with Gasteiger partial charge in [-0.05, 0) is 37.1 Å². The van der Waals surface area contributed by atoms with Crippen molar-refractivity contribution in [3.8, 4) is 0 Å². The molecule has 1 heterocycles. The molecule has 3 amide bonds. The molecule has 32 heavy (non-hydrogen) atoms. The Morgan fingerprint density at radius 3 is 2.34 bits per heavy atom. The number of sulfonamides is 1. The van der Waals surface area contributed by atoms with E-state index in [0.29, 0.717) is 5.69 Å². The molecule has 0 radical (unpaired) electrons. The second-order valence-corrected chi connectivity index (χ2v) is 9.53. The predicted octanol–water partition coefficient (Wildman–Crippen LogP) is 2.04. The zero-order valence-corrected chi connectivity index (χ0v) is 18.6. The van der Waals surface area contributed by atoms with Gasteiger partial charge in [0.05, 0.1) is 5.75 Å². The SMILES string of the molecule is CCS(=O)(=O)N1Cc2ccccc2C[C@H]1C(=O)OC(C)C(=O)NC(=O)Nc1ccccc1. The Hall–Kier alpha value is -3.24. The van der Waals surface area contributed by atoms with Gasteiger partial charge in [-0.15, -0.1) is 0 Å². The summed E-state index contributed by atoms with van der Waals surface area (Å²) in [5, 5.41) is 4.60. The summed E-state index contributed by atoms with van der Waals surface area (Å²) in [4.78, 5) is 37.2. The van der Waals surface area contributed by atoms with E-state index in [2.05, 4.69) is 10.6 Å². The second-order valence-electron chi connectivity index (χ2n) is 7.32. The number of hydrogen-bond acceptors (Lipinski definition) is 6. The number of fused-ring (bicyclic) bond motifs is 1. The third-order valence-electron chi connectivity index (χ3n) is 5.13. The molecule has 2 N–H and O–H groups in total. The van der Waals surface area contributed by atoms with Crippen LogP contribution in [0.2, 0.25) is 0 Å². The van der Waals surface area contributed by atoms with Gasteiger partial charge in [0.25, 0.3) is 5.91 Å². The maximum atomic E-state index is 12.9. The van der Waals surface area contributed by atoms with Gasteiger partial charge in [0.15, 0.2) is 6.10 Å². The van der Waals surface area contributed by atoms with Crippen molar-refractivity contribution in [1.29, 1.82) is 0 Å². The van der Waals surface area contributed by atoms with Gasteiger partial charge in [-0.25, -0.2) is 13.2 Å². The summed E-state index contributed by atoms with van der Waals surface area (Å²) in [6.07, 6.45) is -1.16. The molecule has 0 spiro atoms. The Kier molecular flexibility index (Phi) is 7.26. The molecule has 3 rings (SSSR count). The number of benzene rings is 2. The van der Waals surface area contributed by atoms with Crippen LogP contribution in [-0.4, -0.2) is 48.5 Å². The Morgan fingerprint density at radius 2 is 1.69 bits per heavy atom. The average Bonchev–Trinajstić information content (AvgIpc) is 2.78. The Morgan fingerprint density at radius 1 is 1.06 bits per heavy atom. The van der Waals surface area contributed by atoms with E-state index in [1.165, 1.54) is 13.8 Å². The second kappa shape index (κ2) is 9.92. The van der Waals surface area contributed by atoms with Gasteiger partial charge in [-0.3, -0.25) is 14.9 Å². The molecule has 0 bridgehead atoms. The number of imide groups is 1. The first-order valence-corrected chi connectivity index (χ1v) is 11.8. The molecule has 1 aliphatic rings. The number of carbonyl (C=O) groups is 3. The first kappa shape index (κ1) is 23.4. The minimum Gasteiger partial charge on any atom is -0.451 e. The molecule has 0 fully saturated rings. The highest BCUT2D eigenvalue weighted by molar-refractivity contribution is 7.89. The molecule has 9 nitrogen and oxygen atoms in total. The van der Waals surface area contributed by atoms with Crippen molar-refractivity contribution in [1.82, 2.24) is 9.62 Å². The number of urea groups is 1. The fraction of sp³-hybridized carbons (Fsp3) is 0.318. The van der Waals surface area contributed by atoms with Crippen molar-refractivity contribution in [3.63, 3.8) is 0 Å². The molecular weight excluding hydrogens is 434 g/mol. The Labute approximate surface area is 186 Å². The van der Waals surface area contributed by atoms with E-state index in [0.717, 1.165) is 15.4 Å². The van der Waals surface area contributed by atoms with Gasteiger partial charge in [0.1, 0.15) is 6.04 Å². The van der Waals surface area contributed by atoms with Crippen LogP contribution in [0.3, 0.4) is 0 Å². The number of nitrogens with zero attached hydrogens (tertiary/aromatic N) is 1. The van der Waals surface area contributed by atoms with E-state index in [1.807, 2.05) is 18.2 Å². The highest BCUT2D eigenvalue weighted by Gasteiger charge is 2.40. The largest absolute Gasteiger partial charge is 0.451 e. The molecule has 0 aliphatic carbocycles. The standard InChI is InChI=1S/C22H25N3O6S/c1-3-32(29,30)25-14-17-10-8-7-9-16(17)13-19(25)21(27)31-15(2)20(26)24-22(28)23-18-11-5-4-6-12-18/h4-12,15,19H,3,13-14H2,1-2H3,(H2,23,24,26,28)/t15?,19-/m0/s1. The van der Waals surface area contributed by atoms with E-state index < -0.39 is 40.1 Å². The molecular formula is C22H25N3O6S. The number of amides is 3. The number of esters is 1. The van der Waals surface area contributed by atoms with Crippen LogP contribution >= 0.6 is 0 Å². The minimum absolute atomic E-state index is 0.0478. The third kappa shape index (κ3) is 5.51. The topological polar surface area (TPSA) is 122 Å². The average molecular weight is 460 g/mol. The molecule has 10 heteroatoms.